The molecule has 138 valence electrons. The number of benzene rings is 1. The van der Waals surface area contributed by atoms with Crippen molar-refractivity contribution in [2.45, 2.75) is 31.8 Å². The molecule has 1 fully saturated rings. The van der Waals surface area contributed by atoms with E-state index in [9.17, 15) is 4.79 Å². The molecule has 2 aromatic rings. The minimum Gasteiger partial charge on any atom is -0.484 e. The van der Waals surface area contributed by atoms with Crippen molar-refractivity contribution in [2.24, 2.45) is 0 Å². The van der Waals surface area contributed by atoms with Gasteiger partial charge in [-0.2, -0.15) is 0 Å². The molecule has 1 aromatic carbocycles. The van der Waals surface area contributed by atoms with E-state index in [1.165, 1.54) is 0 Å². The van der Waals surface area contributed by atoms with Gasteiger partial charge in [-0.3, -0.25) is 9.69 Å². The molecule has 4 rings (SSSR count). The number of carboxylic acids is 1. The third-order valence-corrected chi connectivity index (χ3v) is 5.12. The predicted octanol–water partition coefficient (Wildman–Crippen LogP) is 1.57. The fraction of sp³-hybridized carbons (Fsp3) is 0.471. The molecule has 0 aliphatic carbocycles. The van der Waals surface area contributed by atoms with Crippen LogP contribution in [0.2, 0.25) is 5.02 Å². The molecule has 26 heavy (non-hydrogen) atoms. The highest BCUT2D eigenvalue weighted by Crippen LogP contribution is 2.32. The second kappa shape index (κ2) is 6.86. The molecule has 1 unspecified atom stereocenters. The number of likely N-dealkylation sites (tertiary alicyclic amines) is 1. The Balaban J connectivity index is 1.47. The molecule has 0 radical (unpaired) electrons. The van der Waals surface area contributed by atoms with Gasteiger partial charge in [0.15, 0.2) is 11.6 Å². The number of carbonyl (C=O) groups is 1. The first kappa shape index (κ1) is 17.3. The maximum atomic E-state index is 11.0. The number of carboxylic acid groups (broad SMARTS) is 1. The van der Waals surface area contributed by atoms with Crippen LogP contribution < -0.4 is 4.74 Å². The number of aromatic nitrogens is 3. The van der Waals surface area contributed by atoms with Crippen LogP contribution in [0, 0.1) is 0 Å². The minimum absolute atomic E-state index is 0.0304. The first-order valence-electron chi connectivity index (χ1n) is 8.41. The third-order valence-electron chi connectivity index (χ3n) is 4.81. The average molecular weight is 379 g/mol. The van der Waals surface area contributed by atoms with E-state index in [1.54, 1.807) is 12.1 Å². The lowest BCUT2D eigenvalue weighted by molar-refractivity contribution is -0.138. The highest BCUT2D eigenvalue weighted by Gasteiger charge is 2.43. The summed E-state index contributed by atoms with van der Waals surface area (Å²) < 4.78 is 13.8. The number of aliphatic carboxylic acids is 1. The van der Waals surface area contributed by atoms with E-state index in [-0.39, 0.29) is 13.2 Å². The summed E-state index contributed by atoms with van der Waals surface area (Å²) in [5, 5.41) is 17.9. The van der Waals surface area contributed by atoms with Gasteiger partial charge in [-0.25, -0.2) is 0 Å². The van der Waals surface area contributed by atoms with E-state index in [4.69, 9.17) is 26.2 Å². The molecule has 0 bridgehead atoms. The lowest BCUT2D eigenvalue weighted by Gasteiger charge is -2.34. The number of ether oxygens (including phenoxy) is 2. The summed E-state index contributed by atoms with van der Waals surface area (Å²) in [6.07, 6.45) is 0.780. The van der Waals surface area contributed by atoms with Crippen molar-refractivity contribution < 1.29 is 19.4 Å². The van der Waals surface area contributed by atoms with Crippen molar-refractivity contribution in [3.05, 3.63) is 40.9 Å². The SMILES string of the molecule is O=C(O)CN1CCC2(C1)Cn1c(COc3ccccc3Cl)nnc1CO2. The molecular weight excluding hydrogens is 360 g/mol. The van der Waals surface area contributed by atoms with Gasteiger partial charge in [0.2, 0.25) is 0 Å². The molecular formula is C17H19ClN4O4. The summed E-state index contributed by atoms with van der Waals surface area (Å²) in [4.78, 5) is 12.9. The van der Waals surface area contributed by atoms with Crippen molar-refractivity contribution in [3.8, 4) is 5.75 Å². The van der Waals surface area contributed by atoms with Gasteiger partial charge in [0, 0.05) is 13.1 Å². The van der Waals surface area contributed by atoms with Gasteiger partial charge < -0.3 is 19.1 Å². The van der Waals surface area contributed by atoms with Gasteiger partial charge in [-0.05, 0) is 18.6 Å². The Morgan fingerprint density at radius 3 is 3.00 bits per heavy atom. The van der Waals surface area contributed by atoms with Gasteiger partial charge in [0.1, 0.15) is 24.6 Å². The van der Waals surface area contributed by atoms with Gasteiger partial charge in [-0.1, -0.05) is 23.7 Å². The fourth-order valence-corrected chi connectivity index (χ4v) is 3.71. The van der Waals surface area contributed by atoms with Crippen LogP contribution >= 0.6 is 11.6 Å². The van der Waals surface area contributed by atoms with Crippen LogP contribution in [0.1, 0.15) is 18.1 Å². The zero-order valence-corrected chi connectivity index (χ0v) is 14.9. The van der Waals surface area contributed by atoms with Crippen LogP contribution in [-0.4, -0.2) is 56.0 Å². The molecule has 9 heteroatoms. The van der Waals surface area contributed by atoms with Crippen molar-refractivity contribution >= 4 is 17.6 Å². The quantitative estimate of drug-likeness (QED) is 0.844. The van der Waals surface area contributed by atoms with E-state index < -0.39 is 11.6 Å². The smallest absolute Gasteiger partial charge is 0.317 e. The van der Waals surface area contributed by atoms with Gasteiger partial charge >= 0.3 is 5.97 Å². The van der Waals surface area contributed by atoms with Crippen LogP contribution in [0.15, 0.2) is 24.3 Å². The summed E-state index contributed by atoms with van der Waals surface area (Å²) in [6, 6.07) is 7.28. The minimum atomic E-state index is -0.823. The summed E-state index contributed by atoms with van der Waals surface area (Å²) in [7, 11) is 0. The average Bonchev–Trinajstić information content (AvgIpc) is 3.18. The van der Waals surface area contributed by atoms with Gasteiger partial charge in [0.25, 0.3) is 0 Å². The topological polar surface area (TPSA) is 89.7 Å². The predicted molar refractivity (Wildman–Crippen MR) is 92.0 cm³/mol. The Hall–Kier alpha value is -2.16. The summed E-state index contributed by atoms with van der Waals surface area (Å²) >= 11 is 6.12. The molecule has 3 heterocycles. The largest absolute Gasteiger partial charge is 0.484 e. The van der Waals surface area contributed by atoms with Crippen LogP contribution in [0.3, 0.4) is 0 Å². The fourth-order valence-electron chi connectivity index (χ4n) is 3.52. The van der Waals surface area contributed by atoms with E-state index >= 15 is 0 Å². The Labute approximate surface area is 155 Å². The Morgan fingerprint density at radius 2 is 2.19 bits per heavy atom. The molecule has 8 nitrogen and oxygen atoms in total. The monoisotopic (exact) mass is 378 g/mol. The maximum absolute atomic E-state index is 11.0. The van der Waals surface area contributed by atoms with Crippen LogP contribution in [-0.2, 0) is 29.3 Å². The molecule has 1 N–H and O–H groups in total. The zero-order chi connectivity index (χ0) is 18.1. The summed E-state index contributed by atoms with van der Waals surface area (Å²) in [5.41, 5.74) is -0.399. The maximum Gasteiger partial charge on any atom is 0.317 e. The van der Waals surface area contributed by atoms with Crippen molar-refractivity contribution in [1.82, 2.24) is 19.7 Å². The lowest BCUT2D eigenvalue weighted by atomic mass is 10.0. The molecule has 2 aliphatic rings. The molecule has 1 spiro atoms. The first-order valence-corrected chi connectivity index (χ1v) is 8.79. The number of halogens is 1. The number of para-hydroxylation sites is 1. The molecule has 1 saturated heterocycles. The van der Waals surface area contributed by atoms with Crippen molar-refractivity contribution in [2.75, 3.05) is 19.6 Å². The zero-order valence-electron chi connectivity index (χ0n) is 14.1. The normalized spacial score (nSPS) is 22.5. The van der Waals surface area contributed by atoms with Crippen LogP contribution in [0.4, 0.5) is 0 Å². The van der Waals surface area contributed by atoms with Crippen molar-refractivity contribution in [1.29, 1.82) is 0 Å². The standard InChI is InChI=1S/C17H19ClN4O4/c18-12-3-1-2-4-13(12)25-8-14-19-20-15-9-26-17(11-22(14)15)5-6-21(10-17)7-16(23)24/h1-4H,5-11H2,(H,23,24). The highest BCUT2D eigenvalue weighted by atomic mass is 35.5. The highest BCUT2D eigenvalue weighted by molar-refractivity contribution is 6.32. The van der Waals surface area contributed by atoms with Gasteiger partial charge in [-0.15, -0.1) is 10.2 Å². The number of hydrogen-bond acceptors (Lipinski definition) is 6. The molecule has 2 aliphatic heterocycles. The summed E-state index contributed by atoms with van der Waals surface area (Å²) in [5.74, 6) is 1.24. The number of nitrogens with zero attached hydrogens (tertiary/aromatic N) is 4. The summed E-state index contributed by atoms with van der Waals surface area (Å²) in [6.45, 7) is 2.53. The van der Waals surface area contributed by atoms with Crippen LogP contribution in [0.25, 0.3) is 0 Å². The first-order chi connectivity index (χ1) is 12.5. The number of hydrogen-bond donors (Lipinski definition) is 1. The number of fused-ring (bicyclic) bond motifs is 1. The van der Waals surface area contributed by atoms with E-state index in [0.717, 1.165) is 12.2 Å². The molecule has 0 saturated carbocycles. The van der Waals surface area contributed by atoms with Crippen molar-refractivity contribution in [3.63, 3.8) is 0 Å². The Morgan fingerprint density at radius 1 is 1.35 bits per heavy atom. The van der Waals surface area contributed by atoms with E-state index in [1.807, 2.05) is 21.6 Å². The third kappa shape index (κ3) is 3.40. The lowest BCUT2D eigenvalue weighted by Crippen LogP contribution is -2.45. The van der Waals surface area contributed by atoms with Crippen LogP contribution in [0.5, 0.6) is 5.75 Å². The second-order valence-corrected chi connectivity index (χ2v) is 7.07. The second-order valence-electron chi connectivity index (χ2n) is 6.66. The number of rotatable bonds is 5. The van der Waals surface area contributed by atoms with E-state index in [0.29, 0.717) is 42.8 Å². The Kier molecular flexibility index (Phi) is 4.56. The van der Waals surface area contributed by atoms with E-state index in [2.05, 4.69) is 10.2 Å². The van der Waals surface area contributed by atoms with Gasteiger partial charge in [0.05, 0.1) is 18.1 Å². The molecule has 0 amide bonds. The Bertz CT molecular complexity index is 827. The molecule has 1 aromatic heterocycles. The molecule has 1 atom stereocenters.